The van der Waals surface area contributed by atoms with E-state index in [4.69, 9.17) is 9.15 Å². The van der Waals surface area contributed by atoms with Crippen molar-refractivity contribution in [2.75, 3.05) is 13.7 Å². The Bertz CT molecular complexity index is 361. The van der Waals surface area contributed by atoms with E-state index in [2.05, 4.69) is 5.32 Å². The highest BCUT2D eigenvalue weighted by Gasteiger charge is 2.25. The maximum absolute atomic E-state index is 11.9. The Hall–Kier alpha value is -1.01. The lowest BCUT2D eigenvalue weighted by molar-refractivity contribution is -0.138. The molecule has 0 aliphatic carbocycles. The summed E-state index contributed by atoms with van der Waals surface area (Å²) in [6, 6.07) is 1.84. The quantitative estimate of drug-likeness (QED) is 0.769. The maximum Gasteiger partial charge on any atom is 0.389 e. The van der Waals surface area contributed by atoms with E-state index in [1.54, 1.807) is 0 Å². The van der Waals surface area contributed by atoms with Crippen LogP contribution in [0.25, 0.3) is 0 Å². The average molecular weight is 265 g/mol. The van der Waals surface area contributed by atoms with Crippen LogP contribution in [0.5, 0.6) is 0 Å². The summed E-state index contributed by atoms with van der Waals surface area (Å²) in [6.45, 7) is 2.84. The normalized spacial score (nSPS) is 12.1. The average Bonchev–Trinajstić information content (AvgIpc) is 2.58. The van der Waals surface area contributed by atoms with E-state index in [1.165, 1.54) is 0 Å². The van der Waals surface area contributed by atoms with Crippen molar-refractivity contribution in [1.82, 2.24) is 5.32 Å². The van der Waals surface area contributed by atoms with Crippen molar-refractivity contribution in [2.24, 2.45) is 0 Å². The van der Waals surface area contributed by atoms with E-state index in [-0.39, 0.29) is 19.6 Å². The Morgan fingerprint density at radius 1 is 1.39 bits per heavy atom. The Kier molecular flexibility index (Phi) is 5.68. The van der Waals surface area contributed by atoms with Gasteiger partial charge in [-0.3, -0.25) is 0 Å². The van der Waals surface area contributed by atoms with E-state index in [9.17, 15) is 13.2 Å². The smallest absolute Gasteiger partial charge is 0.389 e. The fourth-order valence-electron chi connectivity index (χ4n) is 1.54. The Morgan fingerprint density at radius 2 is 2.11 bits per heavy atom. The highest BCUT2D eigenvalue weighted by atomic mass is 19.4. The Labute approximate surface area is 104 Å². The second kappa shape index (κ2) is 6.80. The summed E-state index contributed by atoms with van der Waals surface area (Å²) in [4.78, 5) is 0. The minimum Gasteiger partial charge on any atom is -0.462 e. The third kappa shape index (κ3) is 5.55. The number of furan rings is 1. The van der Waals surface area contributed by atoms with Gasteiger partial charge < -0.3 is 14.5 Å². The van der Waals surface area contributed by atoms with Crippen molar-refractivity contribution in [3.63, 3.8) is 0 Å². The third-order valence-electron chi connectivity index (χ3n) is 2.40. The first kappa shape index (κ1) is 15.0. The van der Waals surface area contributed by atoms with Gasteiger partial charge in [-0.05, 0) is 32.0 Å². The molecule has 0 aliphatic heterocycles. The van der Waals surface area contributed by atoms with Crippen molar-refractivity contribution in [2.45, 2.75) is 39.1 Å². The number of ether oxygens (including phenoxy) is 1. The van der Waals surface area contributed by atoms with Crippen LogP contribution >= 0.6 is 0 Å². The third-order valence-corrected chi connectivity index (χ3v) is 2.40. The molecule has 3 nitrogen and oxygen atoms in total. The molecule has 0 unspecified atom stereocenters. The predicted molar refractivity (Wildman–Crippen MR) is 61.2 cm³/mol. The largest absolute Gasteiger partial charge is 0.462 e. The van der Waals surface area contributed by atoms with Crippen LogP contribution in [0.2, 0.25) is 0 Å². The van der Waals surface area contributed by atoms with Crippen molar-refractivity contribution in [1.29, 1.82) is 0 Å². The van der Waals surface area contributed by atoms with Gasteiger partial charge in [-0.2, -0.15) is 13.2 Å². The number of hydrogen-bond acceptors (Lipinski definition) is 3. The molecule has 0 amide bonds. The summed E-state index contributed by atoms with van der Waals surface area (Å²) in [6.07, 6.45) is -4.94. The van der Waals surface area contributed by atoms with Gasteiger partial charge in [0.1, 0.15) is 18.1 Å². The molecular weight excluding hydrogens is 247 g/mol. The number of alkyl halides is 3. The minimum atomic E-state index is -4.11. The second-order valence-corrected chi connectivity index (χ2v) is 4.12. The molecule has 1 aromatic heterocycles. The van der Waals surface area contributed by atoms with E-state index in [0.29, 0.717) is 12.3 Å². The fourth-order valence-corrected chi connectivity index (χ4v) is 1.54. The van der Waals surface area contributed by atoms with Crippen molar-refractivity contribution in [3.05, 3.63) is 23.2 Å². The van der Waals surface area contributed by atoms with Crippen LogP contribution in [0.4, 0.5) is 13.2 Å². The Balaban J connectivity index is 2.25. The summed E-state index contributed by atoms with van der Waals surface area (Å²) in [5.41, 5.74) is 1.01. The fraction of sp³-hybridized carbons (Fsp3) is 0.667. The number of halogens is 3. The zero-order valence-corrected chi connectivity index (χ0v) is 10.6. The van der Waals surface area contributed by atoms with Crippen LogP contribution in [0.15, 0.2) is 10.5 Å². The molecule has 1 heterocycles. The van der Waals surface area contributed by atoms with Crippen LogP contribution in [0, 0.1) is 6.92 Å². The number of aryl methyl sites for hydroxylation is 1. The minimum absolute atomic E-state index is 0.0213. The molecule has 1 rings (SSSR count). The van der Waals surface area contributed by atoms with Gasteiger partial charge in [0.05, 0.1) is 6.54 Å². The first-order valence-corrected chi connectivity index (χ1v) is 5.79. The van der Waals surface area contributed by atoms with Crippen molar-refractivity contribution < 1.29 is 22.3 Å². The lowest BCUT2D eigenvalue weighted by Gasteiger charge is -2.05. The van der Waals surface area contributed by atoms with Crippen LogP contribution in [-0.2, 0) is 17.9 Å². The van der Waals surface area contributed by atoms with Crippen LogP contribution in [-0.4, -0.2) is 19.8 Å². The van der Waals surface area contributed by atoms with Gasteiger partial charge in [0.15, 0.2) is 0 Å². The molecule has 0 fully saturated rings. The van der Waals surface area contributed by atoms with Gasteiger partial charge >= 0.3 is 6.18 Å². The summed E-state index contributed by atoms with van der Waals surface area (Å²) in [5, 5.41) is 2.97. The zero-order chi connectivity index (χ0) is 13.6. The summed E-state index contributed by atoms with van der Waals surface area (Å²) < 4.78 is 46.2. The molecule has 0 aliphatic rings. The first-order chi connectivity index (χ1) is 8.42. The van der Waals surface area contributed by atoms with E-state index >= 15 is 0 Å². The predicted octanol–water partition coefficient (Wildman–Crippen LogP) is 3.17. The van der Waals surface area contributed by atoms with Crippen molar-refractivity contribution >= 4 is 0 Å². The van der Waals surface area contributed by atoms with Gasteiger partial charge in [0, 0.05) is 13.0 Å². The molecule has 6 heteroatoms. The first-order valence-electron chi connectivity index (χ1n) is 5.79. The zero-order valence-electron chi connectivity index (χ0n) is 10.6. The van der Waals surface area contributed by atoms with Gasteiger partial charge in [0.25, 0.3) is 0 Å². The number of nitrogens with one attached hydrogen (secondary N) is 1. The Morgan fingerprint density at radius 3 is 2.72 bits per heavy atom. The van der Waals surface area contributed by atoms with Crippen LogP contribution in [0.3, 0.4) is 0 Å². The van der Waals surface area contributed by atoms with Crippen molar-refractivity contribution in [3.8, 4) is 0 Å². The standard InChI is InChI=1S/C12H18F3NO2/c1-9-6-10(18-11(9)7-16-2)8-17-5-3-4-12(13,14)15/h6,16H,3-5,7-8H2,1-2H3. The lowest BCUT2D eigenvalue weighted by atomic mass is 10.2. The molecule has 104 valence electrons. The number of rotatable bonds is 7. The molecular formula is C12H18F3NO2. The lowest BCUT2D eigenvalue weighted by Crippen LogP contribution is -2.08. The SMILES string of the molecule is CNCc1oc(COCCCC(F)(F)F)cc1C. The molecule has 0 saturated carbocycles. The molecule has 0 bridgehead atoms. The molecule has 1 aromatic rings. The second-order valence-electron chi connectivity index (χ2n) is 4.12. The molecule has 0 radical (unpaired) electrons. The maximum atomic E-state index is 11.9. The van der Waals surface area contributed by atoms with Crippen LogP contribution < -0.4 is 5.32 Å². The van der Waals surface area contributed by atoms with Gasteiger partial charge in [-0.25, -0.2) is 0 Å². The van der Waals surface area contributed by atoms with E-state index in [1.807, 2.05) is 20.0 Å². The molecule has 18 heavy (non-hydrogen) atoms. The summed E-state index contributed by atoms with van der Waals surface area (Å²) >= 11 is 0. The van der Waals surface area contributed by atoms with Gasteiger partial charge in [-0.1, -0.05) is 0 Å². The number of hydrogen-bond donors (Lipinski definition) is 1. The highest BCUT2D eigenvalue weighted by Crippen LogP contribution is 2.21. The highest BCUT2D eigenvalue weighted by molar-refractivity contribution is 5.19. The summed E-state index contributed by atoms with van der Waals surface area (Å²) in [5.74, 6) is 1.47. The monoisotopic (exact) mass is 265 g/mol. The molecule has 0 spiro atoms. The van der Waals surface area contributed by atoms with Crippen LogP contribution in [0.1, 0.15) is 29.9 Å². The van der Waals surface area contributed by atoms with E-state index < -0.39 is 12.6 Å². The van der Waals surface area contributed by atoms with E-state index in [0.717, 1.165) is 11.3 Å². The molecule has 1 N–H and O–H groups in total. The van der Waals surface area contributed by atoms with Gasteiger partial charge in [0.2, 0.25) is 0 Å². The topological polar surface area (TPSA) is 34.4 Å². The molecule has 0 atom stereocenters. The summed E-state index contributed by atoms with van der Waals surface area (Å²) in [7, 11) is 1.81. The molecule has 0 saturated heterocycles. The molecule has 0 aromatic carbocycles. The van der Waals surface area contributed by atoms with Gasteiger partial charge in [-0.15, -0.1) is 0 Å².